The minimum absolute atomic E-state index is 0.0696. The number of hydrogen-bond donors (Lipinski definition) is 0. The van der Waals surface area contributed by atoms with E-state index < -0.39 is 15.5 Å². The van der Waals surface area contributed by atoms with Gasteiger partial charge < -0.3 is 4.57 Å². The summed E-state index contributed by atoms with van der Waals surface area (Å²) in [6, 6.07) is 11.6. The maximum Gasteiger partial charge on any atom is 0.425 e. The second-order valence-corrected chi connectivity index (χ2v) is 4.98. The van der Waals surface area contributed by atoms with Gasteiger partial charge in [0, 0.05) is 24.6 Å². The maximum atomic E-state index is 12.4. The highest BCUT2D eigenvalue weighted by atomic mass is 32.2. The molecule has 0 aliphatic carbocycles. The molecular weight excluding hydrogens is 324 g/mol. The number of nitro groups is 1. The molecule has 0 saturated carbocycles. The van der Waals surface area contributed by atoms with Crippen LogP contribution >= 0.6 is 0 Å². The van der Waals surface area contributed by atoms with Crippen molar-refractivity contribution in [3.8, 4) is 0 Å². The molecule has 8 nitrogen and oxygen atoms in total. The zero-order chi connectivity index (χ0) is 17.1. The van der Waals surface area contributed by atoms with Crippen LogP contribution in [0.2, 0.25) is 0 Å². The van der Waals surface area contributed by atoms with Crippen molar-refractivity contribution in [2.24, 2.45) is 7.05 Å². The Morgan fingerprint density at radius 2 is 1.57 bits per heavy atom. The zero-order valence-electron chi connectivity index (χ0n) is 11.8. The molecule has 0 saturated heterocycles. The van der Waals surface area contributed by atoms with Gasteiger partial charge in [-0.15, -0.1) is 12.6 Å². The van der Waals surface area contributed by atoms with E-state index in [0.29, 0.717) is 16.3 Å². The number of hydrogen-bond acceptors (Lipinski definition) is 6. The molecule has 0 atom stereocenters. The Bertz CT molecular complexity index is 1080. The van der Waals surface area contributed by atoms with Crippen molar-refractivity contribution in [1.29, 1.82) is 0 Å². The summed E-state index contributed by atoms with van der Waals surface area (Å²) >= 11 is 0. The molecule has 0 unspecified atom stereocenters. The molecule has 0 aliphatic rings. The Morgan fingerprint density at radius 3 is 2.17 bits per heavy atom. The van der Waals surface area contributed by atoms with Crippen molar-refractivity contribution in [2.45, 2.75) is 0 Å². The lowest BCUT2D eigenvalue weighted by Gasteiger charge is -2.09. The van der Waals surface area contributed by atoms with Gasteiger partial charge in [0.25, 0.3) is 5.69 Å². The van der Waals surface area contributed by atoms with E-state index in [9.17, 15) is 14.9 Å². The molecule has 23 heavy (non-hydrogen) atoms. The molecule has 0 N–H and O–H groups in total. The molecule has 1 heterocycles. The van der Waals surface area contributed by atoms with Crippen molar-refractivity contribution in [1.82, 2.24) is 4.57 Å². The summed E-state index contributed by atoms with van der Waals surface area (Å²) < 4.78 is 27.2. The summed E-state index contributed by atoms with van der Waals surface area (Å²) in [7, 11) is -1.27. The van der Waals surface area contributed by atoms with Gasteiger partial charge in [-0.3, -0.25) is 14.9 Å². The van der Waals surface area contributed by atoms with Crippen molar-refractivity contribution in [3.63, 3.8) is 0 Å². The number of para-hydroxylation sites is 1. The first-order chi connectivity index (χ1) is 10.8. The summed E-state index contributed by atoms with van der Waals surface area (Å²) in [5.74, 6) is 0. The number of nitrogens with zero attached hydrogens (tertiary/aromatic N) is 2. The monoisotopic (exact) mass is 334 g/mol. The topological polar surface area (TPSA) is 116 Å². The third kappa shape index (κ3) is 3.24. The first kappa shape index (κ1) is 16.3. The van der Waals surface area contributed by atoms with Gasteiger partial charge in [-0.2, -0.15) is 0 Å². The molecular formula is C14H10N2O6S. The van der Waals surface area contributed by atoms with E-state index in [1.807, 2.05) is 23.7 Å². The lowest BCUT2D eigenvalue weighted by atomic mass is 10.1. The molecule has 0 fully saturated rings. The molecule has 0 aliphatic heterocycles. The second kappa shape index (κ2) is 6.36. The summed E-state index contributed by atoms with van der Waals surface area (Å²) in [5, 5.41) is 11.7. The van der Waals surface area contributed by atoms with Gasteiger partial charge in [0.1, 0.15) is 0 Å². The minimum atomic E-state index is -3.11. The van der Waals surface area contributed by atoms with Crippen LogP contribution in [-0.4, -0.2) is 22.1 Å². The largest absolute Gasteiger partial charge is 0.425 e. The van der Waals surface area contributed by atoms with E-state index in [1.165, 1.54) is 12.1 Å². The molecule has 0 amide bonds. The third-order valence-electron chi connectivity index (χ3n) is 3.31. The summed E-state index contributed by atoms with van der Waals surface area (Å²) in [5.41, 5.74) is 1.26. The highest BCUT2D eigenvalue weighted by Gasteiger charge is 2.12. The first-order valence-corrected chi connectivity index (χ1v) is 7.25. The smallest absolute Gasteiger partial charge is 0.343 e. The molecule has 0 radical (unpaired) electrons. The van der Waals surface area contributed by atoms with Gasteiger partial charge >= 0.3 is 10.6 Å². The van der Waals surface area contributed by atoms with Crippen LogP contribution in [0.4, 0.5) is 5.69 Å². The molecule has 0 bridgehead atoms. The fourth-order valence-corrected chi connectivity index (χ4v) is 2.34. The third-order valence-corrected chi connectivity index (χ3v) is 3.31. The van der Waals surface area contributed by atoms with Crippen molar-refractivity contribution in [2.75, 3.05) is 0 Å². The van der Waals surface area contributed by atoms with E-state index in [1.54, 1.807) is 18.2 Å². The van der Waals surface area contributed by atoms with Gasteiger partial charge in [0.15, 0.2) is 5.43 Å². The molecule has 118 valence electrons. The number of benzene rings is 2. The first-order valence-electron chi connectivity index (χ1n) is 6.25. The molecule has 1 aromatic heterocycles. The van der Waals surface area contributed by atoms with Gasteiger partial charge in [0.2, 0.25) is 0 Å². The van der Waals surface area contributed by atoms with Crippen LogP contribution in [0.15, 0.2) is 47.3 Å². The van der Waals surface area contributed by atoms with E-state index in [0.717, 1.165) is 5.52 Å². The molecule has 3 rings (SSSR count). The standard InChI is InChI=1S/C14H10N2O3.O3S/c1-15-12-5-3-2-4-10(12)14(17)11-8-9(16(18)19)6-7-13(11)15;1-4(2)3/h2-8H,1H3;. The van der Waals surface area contributed by atoms with Gasteiger partial charge in [-0.1, -0.05) is 12.1 Å². The van der Waals surface area contributed by atoms with Gasteiger partial charge in [0.05, 0.1) is 21.3 Å². The quantitative estimate of drug-likeness (QED) is 0.379. The van der Waals surface area contributed by atoms with Crippen LogP contribution in [0.25, 0.3) is 21.8 Å². The van der Waals surface area contributed by atoms with Crippen molar-refractivity contribution >= 4 is 38.1 Å². The van der Waals surface area contributed by atoms with E-state index in [-0.39, 0.29) is 11.1 Å². The van der Waals surface area contributed by atoms with E-state index >= 15 is 0 Å². The van der Waals surface area contributed by atoms with Crippen LogP contribution < -0.4 is 5.43 Å². The van der Waals surface area contributed by atoms with Crippen LogP contribution in [-0.2, 0) is 17.7 Å². The molecule has 3 aromatic rings. The average Bonchev–Trinajstić information content (AvgIpc) is 2.51. The highest BCUT2D eigenvalue weighted by Crippen LogP contribution is 2.21. The number of non-ortho nitro benzene ring substituents is 1. The predicted octanol–water partition coefficient (Wildman–Crippen LogP) is 1.60. The SMILES string of the molecule is Cn1c2ccccc2c(=O)c2cc([N+](=O)[O-])ccc21.O=S(=O)=O. The van der Waals surface area contributed by atoms with Crippen molar-refractivity contribution in [3.05, 3.63) is 62.8 Å². The summed E-state index contributed by atoms with van der Waals surface area (Å²) in [6.45, 7) is 0. The predicted molar refractivity (Wildman–Crippen MR) is 83.0 cm³/mol. The fourth-order valence-electron chi connectivity index (χ4n) is 2.34. The van der Waals surface area contributed by atoms with Crippen molar-refractivity contribution < 1.29 is 17.6 Å². The number of aryl methyl sites for hydroxylation is 1. The number of nitro benzene ring substituents is 1. The zero-order valence-corrected chi connectivity index (χ0v) is 12.6. The van der Waals surface area contributed by atoms with Crippen LogP contribution in [0.1, 0.15) is 0 Å². The minimum Gasteiger partial charge on any atom is -0.343 e. The summed E-state index contributed by atoms with van der Waals surface area (Å²) in [6.07, 6.45) is 0. The molecule has 2 aromatic carbocycles. The fraction of sp³-hybridized carbons (Fsp3) is 0.0714. The van der Waals surface area contributed by atoms with E-state index in [4.69, 9.17) is 12.6 Å². The molecule has 9 heteroatoms. The van der Waals surface area contributed by atoms with E-state index in [2.05, 4.69) is 0 Å². The van der Waals surface area contributed by atoms with Gasteiger partial charge in [-0.25, -0.2) is 0 Å². The Labute approximate surface area is 130 Å². The van der Waals surface area contributed by atoms with Crippen LogP contribution in [0.5, 0.6) is 0 Å². The lowest BCUT2D eigenvalue weighted by Crippen LogP contribution is -2.09. The Hall–Kier alpha value is -3.07. The lowest BCUT2D eigenvalue weighted by molar-refractivity contribution is -0.384. The second-order valence-electron chi connectivity index (χ2n) is 4.57. The Morgan fingerprint density at radius 1 is 1.00 bits per heavy atom. The van der Waals surface area contributed by atoms with Crippen LogP contribution in [0, 0.1) is 10.1 Å². The number of fused-ring (bicyclic) bond motifs is 2. The Balaban J connectivity index is 0.000000433. The van der Waals surface area contributed by atoms with Gasteiger partial charge in [-0.05, 0) is 18.2 Å². The number of pyridine rings is 1. The van der Waals surface area contributed by atoms with Crippen LogP contribution in [0.3, 0.4) is 0 Å². The number of rotatable bonds is 1. The highest BCUT2D eigenvalue weighted by molar-refractivity contribution is 7.59. The summed E-state index contributed by atoms with van der Waals surface area (Å²) in [4.78, 5) is 22.7. The number of aromatic nitrogens is 1. The normalized spacial score (nSPS) is 10.1. The Kier molecular flexibility index (Phi) is 4.51. The molecule has 0 spiro atoms. The maximum absolute atomic E-state index is 12.4. The average molecular weight is 334 g/mol.